The lowest BCUT2D eigenvalue weighted by Crippen LogP contribution is -2.58. The highest BCUT2D eigenvalue weighted by Gasteiger charge is 2.47. The molecule has 0 N–H and O–H groups in total. The van der Waals surface area contributed by atoms with Gasteiger partial charge in [-0.05, 0) is 18.1 Å². The minimum atomic E-state index is -0.809. The molecule has 5 atom stereocenters. The largest absolute Gasteiger partial charge is 0.456 e. The lowest BCUT2D eigenvalue weighted by molar-refractivity contribution is -0.239. The summed E-state index contributed by atoms with van der Waals surface area (Å²) in [5.41, 5.74) is 1.24. The fourth-order valence-corrected chi connectivity index (χ4v) is 3.59. The number of hydrogen-bond acceptors (Lipinski definition) is 5. The van der Waals surface area contributed by atoms with Gasteiger partial charge >= 0.3 is 5.97 Å². The number of benzene rings is 2. The maximum absolute atomic E-state index is 11.6. The molecule has 0 radical (unpaired) electrons. The molecule has 0 saturated carbocycles. The van der Waals surface area contributed by atoms with Crippen molar-refractivity contribution >= 4 is 17.6 Å². The van der Waals surface area contributed by atoms with Crippen LogP contribution in [0.4, 0.5) is 0 Å². The van der Waals surface area contributed by atoms with E-state index in [1.54, 1.807) is 0 Å². The molecule has 3 rings (SSSR count). The van der Waals surface area contributed by atoms with Crippen LogP contribution in [-0.4, -0.2) is 35.9 Å². The first-order valence-corrected chi connectivity index (χ1v) is 9.76. The van der Waals surface area contributed by atoms with E-state index >= 15 is 0 Å². The van der Waals surface area contributed by atoms with E-state index in [0.717, 1.165) is 11.1 Å². The van der Waals surface area contributed by atoms with Gasteiger partial charge in [0.25, 0.3) is 0 Å². The third-order valence-corrected chi connectivity index (χ3v) is 4.94. The van der Waals surface area contributed by atoms with E-state index in [4.69, 9.17) is 30.5 Å². The number of carbonyl (C=O) groups excluding carboxylic acids is 1. The zero-order chi connectivity index (χ0) is 19.9. The van der Waals surface area contributed by atoms with Crippen LogP contribution in [0.3, 0.4) is 0 Å². The first kappa shape index (κ1) is 20.8. The van der Waals surface area contributed by atoms with Crippen LogP contribution in [0.15, 0.2) is 60.7 Å². The van der Waals surface area contributed by atoms with Gasteiger partial charge in [0, 0.05) is 6.92 Å². The van der Waals surface area contributed by atoms with Crippen molar-refractivity contribution in [2.24, 2.45) is 0 Å². The van der Waals surface area contributed by atoms with Gasteiger partial charge in [0.1, 0.15) is 12.2 Å². The van der Waals surface area contributed by atoms with Crippen molar-refractivity contribution < 1.29 is 23.7 Å². The van der Waals surface area contributed by atoms with Gasteiger partial charge in [-0.15, -0.1) is 0 Å². The highest BCUT2D eigenvalue weighted by Crippen LogP contribution is 2.31. The summed E-state index contributed by atoms with van der Waals surface area (Å²) in [5.74, 6) is -0.441. The molecule has 5 nitrogen and oxygen atoms in total. The Hall–Kier alpha value is -1.92. The number of ether oxygens (including phenoxy) is 4. The number of halogens is 1. The minimum Gasteiger partial charge on any atom is -0.456 e. The molecule has 0 aromatic heterocycles. The van der Waals surface area contributed by atoms with Crippen LogP contribution >= 0.6 is 11.6 Å². The summed E-state index contributed by atoms with van der Waals surface area (Å²) in [4.78, 5) is 11.6. The Bertz CT molecular complexity index is 739. The first-order valence-electron chi connectivity index (χ1n) is 9.32. The SMILES string of the molecule is CC(=O)O[C@@H]1[C@H](OCc2ccccc2)[C@@H](OCc2ccccc2)[C@H](C)O[C@H]1Cl. The van der Waals surface area contributed by atoms with Crippen LogP contribution in [0.5, 0.6) is 0 Å². The molecule has 1 aliphatic heterocycles. The van der Waals surface area contributed by atoms with Crippen molar-refractivity contribution in [1.29, 1.82) is 0 Å². The average molecular weight is 405 g/mol. The summed E-state index contributed by atoms with van der Waals surface area (Å²) in [6.07, 6.45) is -2.08. The van der Waals surface area contributed by atoms with E-state index in [0.29, 0.717) is 13.2 Å². The van der Waals surface area contributed by atoms with E-state index in [-0.39, 0.29) is 6.10 Å². The fourth-order valence-electron chi connectivity index (χ4n) is 3.23. The van der Waals surface area contributed by atoms with Crippen molar-refractivity contribution in [2.45, 2.75) is 57.0 Å². The number of alkyl halides is 1. The molecule has 0 aliphatic carbocycles. The van der Waals surface area contributed by atoms with Gasteiger partial charge in [-0.1, -0.05) is 72.3 Å². The third-order valence-electron chi connectivity index (χ3n) is 4.59. The number of esters is 1. The van der Waals surface area contributed by atoms with Crippen molar-refractivity contribution in [3.63, 3.8) is 0 Å². The standard InChI is InChI=1S/C22H25ClO5/c1-15-19(25-13-17-9-5-3-6-10-17)20(21(22(23)27-15)28-16(2)24)26-14-18-11-7-4-8-12-18/h3-12,15,19-22H,13-14H2,1-2H3/t15-,19-,20+,21+,22+/m0/s1. The fraction of sp³-hybridized carbons (Fsp3) is 0.409. The van der Waals surface area contributed by atoms with Crippen molar-refractivity contribution in [1.82, 2.24) is 0 Å². The van der Waals surface area contributed by atoms with Crippen LogP contribution in [0.25, 0.3) is 0 Å². The molecule has 2 aromatic carbocycles. The molecular weight excluding hydrogens is 380 g/mol. The molecule has 0 spiro atoms. The van der Waals surface area contributed by atoms with Crippen LogP contribution < -0.4 is 0 Å². The Morgan fingerprint density at radius 3 is 1.89 bits per heavy atom. The summed E-state index contributed by atoms with van der Waals surface area (Å²) < 4.78 is 23.5. The Labute approximate surface area is 170 Å². The second-order valence-corrected chi connectivity index (χ2v) is 7.22. The average Bonchev–Trinajstić information content (AvgIpc) is 2.69. The van der Waals surface area contributed by atoms with Crippen LogP contribution in [0, 0.1) is 0 Å². The van der Waals surface area contributed by atoms with Gasteiger partial charge in [-0.2, -0.15) is 0 Å². The van der Waals surface area contributed by atoms with Gasteiger partial charge in [0.2, 0.25) is 0 Å². The van der Waals surface area contributed by atoms with E-state index in [1.807, 2.05) is 67.6 Å². The minimum absolute atomic E-state index is 0.321. The predicted octanol–water partition coefficient (Wildman–Crippen LogP) is 4.07. The predicted molar refractivity (Wildman–Crippen MR) is 106 cm³/mol. The quantitative estimate of drug-likeness (QED) is 0.514. The molecule has 0 unspecified atom stereocenters. The summed E-state index contributed by atoms with van der Waals surface area (Å²) in [5, 5.41) is 0. The maximum Gasteiger partial charge on any atom is 0.303 e. The Morgan fingerprint density at radius 2 is 1.39 bits per heavy atom. The second-order valence-electron chi connectivity index (χ2n) is 6.79. The molecule has 1 heterocycles. The van der Waals surface area contributed by atoms with Crippen LogP contribution in [-0.2, 0) is 37.0 Å². The van der Waals surface area contributed by atoms with Gasteiger partial charge in [0.05, 0.1) is 19.3 Å². The first-order chi connectivity index (χ1) is 13.5. The Morgan fingerprint density at radius 1 is 0.893 bits per heavy atom. The maximum atomic E-state index is 11.6. The molecule has 1 aliphatic rings. The molecule has 0 bridgehead atoms. The number of rotatable bonds is 7. The zero-order valence-electron chi connectivity index (χ0n) is 16.0. The van der Waals surface area contributed by atoms with E-state index < -0.39 is 29.8 Å². The van der Waals surface area contributed by atoms with Crippen molar-refractivity contribution in [3.05, 3.63) is 71.8 Å². The van der Waals surface area contributed by atoms with E-state index in [9.17, 15) is 4.79 Å². The second kappa shape index (κ2) is 10.0. The summed E-state index contributed by atoms with van der Waals surface area (Å²) in [6.45, 7) is 3.97. The van der Waals surface area contributed by atoms with Gasteiger partial charge in [-0.3, -0.25) is 4.79 Å². The summed E-state index contributed by atoms with van der Waals surface area (Å²) in [6, 6.07) is 19.6. The topological polar surface area (TPSA) is 54.0 Å². The highest BCUT2D eigenvalue weighted by molar-refractivity contribution is 6.20. The van der Waals surface area contributed by atoms with Crippen LogP contribution in [0.1, 0.15) is 25.0 Å². The zero-order valence-corrected chi connectivity index (χ0v) is 16.7. The molecule has 1 fully saturated rings. The number of carbonyl (C=O) groups is 1. The molecule has 1 saturated heterocycles. The van der Waals surface area contributed by atoms with E-state index in [2.05, 4.69) is 0 Å². The monoisotopic (exact) mass is 404 g/mol. The normalized spacial score (nSPS) is 27.3. The summed E-state index contributed by atoms with van der Waals surface area (Å²) in [7, 11) is 0. The molecule has 150 valence electrons. The summed E-state index contributed by atoms with van der Waals surface area (Å²) >= 11 is 6.35. The molecular formula is C22H25ClO5. The Kier molecular flexibility index (Phi) is 7.45. The van der Waals surface area contributed by atoms with Gasteiger partial charge in [0.15, 0.2) is 11.7 Å². The third kappa shape index (κ3) is 5.55. The lowest BCUT2D eigenvalue weighted by Gasteiger charge is -2.42. The molecule has 28 heavy (non-hydrogen) atoms. The van der Waals surface area contributed by atoms with Crippen LogP contribution in [0.2, 0.25) is 0 Å². The molecule has 6 heteroatoms. The lowest BCUT2D eigenvalue weighted by atomic mass is 9.99. The van der Waals surface area contributed by atoms with Crippen molar-refractivity contribution in [3.8, 4) is 0 Å². The number of hydrogen-bond donors (Lipinski definition) is 0. The van der Waals surface area contributed by atoms with Gasteiger partial charge in [-0.25, -0.2) is 0 Å². The van der Waals surface area contributed by atoms with E-state index in [1.165, 1.54) is 6.92 Å². The molecule has 0 amide bonds. The smallest absolute Gasteiger partial charge is 0.303 e. The van der Waals surface area contributed by atoms with Gasteiger partial charge < -0.3 is 18.9 Å². The van der Waals surface area contributed by atoms with Crippen molar-refractivity contribution in [2.75, 3.05) is 0 Å². The molecule has 2 aromatic rings. The highest BCUT2D eigenvalue weighted by atomic mass is 35.5. The Balaban J connectivity index is 1.76.